The van der Waals surface area contributed by atoms with E-state index in [1.54, 1.807) is 6.20 Å². The maximum atomic E-state index is 10.6. The zero-order chi connectivity index (χ0) is 20.4. The molecule has 2 aromatic heterocycles. The van der Waals surface area contributed by atoms with Gasteiger partial charge in [-0.05, 0) is 36.5 Å². The Hall–Kier alpha value is -2.99. The summed E-state index contributed by atoms with van der Waals surface area (Å²) in [5, 5.41) is 14.0. The Kier molecular flexibility index (Phi) is 5.45. The maximum absolute atomic E-state index is 10.6. The van der Waals surface area contributed by atoms with Crippen LogP contribution in [-0.4, -0.2) is 26.2 Å². The molecule has 4 rings (SSSR count). The van der Waals surface area contributed by atoms with E-state index in [-0.39, 0.29) is 6.04 Å². The molecule has 3 aromatic rings. The van der Waals surface area contributed by atoms with Gasteiger partial charge in [0, 0.05) is 18.7 Å². The van der Waals surface area contributed by atoms with Crippen LogP contribution in [0.4, 0.5) is 5.82 Å². The monoisotopic (exact) mass is 390 g/mol. The van der Waals surface area contributed by atoms with E-state index in [1.807, 2.05) is 45.0 Å². The number of benzene rings is 1. The van der Waals surface area contributed by atoms with Gasteiger partial charge in [0.2, 0.25) is 11.8 Å². The molecule has 0 aliphatic heterocycles. The first-order valence-corrected chi connectivity index (χ1v) is 10.1. The minimum absolute atomic E-state index is 0.193. The molecule has 6 heteroatoms. The lowest BCUT2D eigenvalue weighted by molar-refractivity contribution is 0.165. The largest absolute Gasteiger partial charge is 0.419 e. The van der Waals surface area contributed by atoms with Crippen molar-refractivity contribution in [3.63, 3.8) is 0 Å². The number of fused-ring (bicyclic) bond motifs is 1. The second-order valence-electron chi connectivity index (χ2n) is 7.35. The first kappa shape index (κ1) is 19.3. The molecule has 2 atom stereocenters. The van der Waals surface area contributed by atoms with Gasteiger partial charge in [-0.3, -0.25) is 0 Å². The fourth-order valence-electron chi connectivity index (χ4n) is 3.67. The van der Waals surface area contributed by atoms with Gasteiger partial charge < -0.3 is 15.2 Å². The predicted octanol–water partition coefficient (Wildman–Crippen LogP) is 4.17. The second-order valence-corrected chi connectivity index (χ2v) is 7.35. The molecule has 29 heavy (non-hydrogen) atoms. The van der Waals surface area contributed by atoms with E-state index in [4.69, 9.17) is 14.7 Å². The minimum Gasteiger partial charge on any atom is -0.419 e. The lowest BCUT2D eigenvalue weighted by atomic mass is 10.1. The Labute approximate surface area is 171 Å². The van der Waals surface area contributed by atoms with E-state index in [2.05, 4.69) is 22.4 Å². The molecule has 2 N–H and O–H groups in total. The van der Waals surface area contributed by atoms with Crippen LogP contribution in [0.25, 0.3) is 0 Å². The van der Waals surface area contributed by atoms with Gasteiger partial charge in [0.1, 0.15) is 11.5 Å². The highest BCUT2D eigenvalue weighted by Crippen LogP contribution is 2.35. The summed E-state index contributed by atoms with van der Waals surface area (Å²) in [6.07, 6.45) is 3.29. The average Bonchev–Trinajstić information content (AvgIpc) is 3.05. The number of aliphatic hydroxyl groups excluding tert-OH is 1. The van der Waals surface area contributed by atoms with Crippen molar-refractivity contribution in [2.75, 3.05) is 5.32 Å². The van der Waals surface area contributed by atoms with E-state index in [0.29, 0.717) is 36.8 Å². The van der Waals surface area contributed by atoms with Gasteiger partial charge in [-0.15, -0.1) is 0 Å². The molecule has 2 heterocycles. The van der Waals surface area contributed by atoms with Gasteiger partial charge in [0.25, 0.3) is 0 Å². The number of hydrogen-bond acceptors (Lipinski definition) is 6. The number of anilines is 1. The number of pyridine rings is 1. The summed E-state index contributed by atoms with van der Waals surface area (Å²) in [7, 11) is 0. The fraction of sp³-hybridized carbons (Fsp3) is 0.348. The van der Waals surface area contributed by atoms with Gasteiger partial charge in [-0.1, -0.05) is 44.2 Å². The maximum Gasteiger partial charge on any atom is 0.243 e. The quantitative estimate of drug-likeness (QED) is 0.658. The highest BCUT2D eigenvalue weighted by Gasteiger charge is 2.31. The number of nitrogens with zero attached hydrogens (tertiary/aromatic N) is 3. The van der Waals surface area contributed by atoms with Gasteiger partial charge in [-0.25, -0.2) is 15.0 Å². The molecule has 150 valence electrons. The molecular weight excluding hydrogens is 364 g/mol. The zero-order valence-corrected chi connectivity index (χ0v) is 17.0. The molecule has 0 amide bonds. The van der Waals surface area contributed by atoms with Crippen molar-refractivity contribution in [3.05, 3.63) is 70.7 Å². The molecule has 0 saturated heterocycles. The van der Waals surface area contributed by atoms with Crippen molar-refractivity contribution in [1.82, 2.24) is 15.0 Å². The number of aryl methyl sites for hydroxylation is 3. The van der Waals surface area contributed by atoms with Crippen LogP contribution in [0, 0.1) is 6.92 Å². The number of hydrogen-bond donors (Lipinski definition) is 2. The van der Waals surface area contributed by atoms with Crippen LogP contribution in [-0.2, 0) is 19.3 Å². The van der Waals surface area contributed by atoms with Crippen molar-refractivity contribution < 1.29 is 9.84 Å². The van der Waals surface area contributed by atoms with Crippen LogP contribution in [0.3, 0.4) is 0 Å². The highest BCUT2D eigenvalue weighted by molar-refractivity contribution is 5.49. The Morgan fingerprint density at radius 1 is 1.07 bits per heavy atom. The van der Waals surface area contributed by atoms with E-state index in [9.17, 15) is 5.11 Å². The summed E-state index contributed by atoms with van der Waals surface area (Å²) in [5.41, 5.74) is 4.92. The molecule has 1 aliphatic rings. The smallest absolute Gasteiger partial charge is 0.243 e. The number of nitrogens with one attached hydrogen (secondary N) is 1. The summed E-state index contributed by atoms with van der Waals surface area (Å²) in [5.74, 6) is 1.69. The molecule has 6 nitrogen and oxygen atoms in total. The lowest BCUT2D eigenvalue weighted by Gasteiger charge is -2.21. The van der Waals surface area contributed by atoms with Crippen LogP contribution in [0.2, 0.25) is 0 Å². The van der Waals surface area contributed by atoms with Gasteiger partial charge >= 0.3 is 0 Å². The topological polar surface area (TPSA) is 80.2 Å². The number of rotatable bonds is 6. The predicted molar refractivity (Wildman–Crippen MR) is 112 cm³/mol. The molecular formula is C23H26N4O2. The van der Waals surface area contributed by atoms with Crippen molar-refractivity contribution in [1.29, 1.82) is 0 Å². The number of aliphatic hydroxyl groups is 1. The van der Waals surface area contributed by atoms with E-state index < -0.39 is 6.10 Å². The van der Waals surface area contributed by atoms with Gasteiger partial charge in [-0.2, -0.15) is 0 Å². The minimum atomic E-state index is -0.489. The summed E-state index contributed by atoms with van der Waals surface area (Å²) < 4.78 is 5.94. The molecule has 1 aliphatic carbocycles. The molecule has 0 bridgehead atoms. The Bertz CT molecular complexity index is 1000. The normalized spacial score (nSPS) is 17.8. The number of aromatic nitrogens is 3. The van der Waals surface area contributed by atoms with E-state index >= 15 is 0 Å². The van der Waals surface area contributed by atoms with Crippen molar-refractivity contribution in [3.8, 4) is 11.8 Å². The molecule has 0 saturated carbocycles. The van der Waals surface area contributed by atoms with Crippen molar-refractivity contribution in [2.45, 2.75) is 52.2 Å². The Morgan fingerprint density at radius 3 is 2.59 bits per heavy atom. The van der Waals surface area contributed by atoms with Crippen molar-refractivity contribution in [2.24, 2.45) is 0 Å². The van der Waals surface area contributed by atoms with Crippen LogP contribution in [0.1, 0.15) is 48.0 Å². The molecule has 0 unspecified atom stereocenters. The molecule has 0 spiro atoms. The van der Waals surface area contributed by atoms with Gasteiger partial charge in [0.05, 0.1) is 17.8 Å². The van der Waals surface area contributed by atoms with E-state index in [1.165, 1.54) is 5.56 Å². The number of ether oxygens (including phenoxy) is 1. The fourth-order valence-corrected chi connectivity index (χ4v) is 3.67. The Balaban J connectivity index is 1.65. The SMILES string of the molecule is CCc1nc(Oc2ccc(C)cn2)c(CC)nc1N[C@@H]1c2ccccc2C[C@@H]1O. The average molecular weight is 390 g/mol. The summed E-state index contributed by atoms with van der Waals surface area (Å²) in [4.78, 5) is 13.8. The van der Waals surface area contributed by atoms with Crippen LogP contribution >= 0.6 is 0 Å². The Morgan fingerprint density at radius 2 is 1.86 bits per heavy atom. The second kappa shape index (κ2) is 8.17. The first-order valence-electron chi connectivity index (χ1n) is 10.1. The van der Waals surface area contributed by atoms with Crippen LogP contribution in [0.15, 0.2) is 42.6 Å². The van der Waals surface area contributed by atoms with Crippen LogP contribution < -0.4 is 10.1 Å². The third-order valence-corrected chi connectivity index (χ3v) is 5.25. The summed E-state index contributed by atoms with van der Waals surface area (Å²) >= 11 is 0. The third kappa shape index (κ3) is 3.93. The zero-order valence-electron chi connectivity index (χ0n) is 17.0. The molecule has 1 aromatic carbocycles. The first-order chi connectivity index (χ1) is 14.1. The summed E-state index contributed by atoms with van der Waals surface area (Å²) in [6.45, 7) is 6.04. The van der Waals surface area contributed by atoms with Gasteiger partial charge in [0.15, 0.2) is 0 Å². The molecule has 0 fully saturated rings. The van der Waals surface area contributed by atoms with Crippen LogP contribution in [0.5, 0.6) is 11.8 Å². The highest BCUT2D eigenvalue weighted by atomic mass is 16.5. The molecule has 0 radical (unpaired) electrons. The lowest BCUT2D eigenvalue weighted by Crippen LogP contribution is -2.23. The van der Waals surface area contributed by atoms with Crippen molar-refractivity contribution >= 4 is 5.82 Å². The van der Waals surface area contributed by atoms with E-state index in [0.717, 1.165) is 22.5 Å². The summed E-state index contributed by atoms with van der Waals surface area (Å²) in [6, 6.07) is 11.7. The third-order valence-electron chi connectivity index (χ3n) is 5.25. The standard InChI is InChI=1S/C23H26N4O2/c1-4-17-22(27-21-16-9-7-6-8-15(16)12-19(21)28)25-18(5-2)23(26-17)29-20-11-10-14(3)13-24-20/h6-11,13,19,21,28H,4-5,12H2,1-3H3,(H,25,27)/t19-,21+/m0/s1.